The van der Waals surface area contributed by atoms with Crippen molar-refractivity contribution in [1.82, 2.24) is 9.62 Å². The summed E-state index contributed by atoms with van der Waals surface area (Å²) >= 11 is 0. The lowest BCUT2D eigenvalue weighted by atomic mass is 10.1. The van der Waals surface area contributed by atoms with Gasteiger partial charge in [-0.3, -0.25) is 4.79 Å². The van der Waals surface area contributed by atoms with E-state index in [-0.39, 0.29) is 11.4 Å². The van der Waals surface area contributed by atoms with E-state index in [0.29, 0.717) is 25.4 Å². The Bertz CT molecular complexity index is 1110. The lowest BCUT2D eigenvalue weighted by Crippen LogP contribution is -2.50. The quantitative estimate of drug-likeness (QED) is 0.544. The average Bonchev–Trinajstić information content (AvgIpc) is 2.81. The van der Waals surface area contributed by atoms with Crippen LogP contribution < -0.4 is 10.2 Å². The molecule has 1 aliphatic rings. The molecule has 1 amide bonds. The number of carbonyl (C=O) groups is 1. The Balaban J connectivity index is 1.58. The summed E-state index contributed by atoms with van der Waals surface area (Å²) in [6.07, 6.45) is -4.85. The highest BCUT2D eigenvalue weighted by Crippen LogP contribution is 2.30. The molecular weight excluding hydrogens is 490 g/mol. The van der Waals surface area contributed by atoms with Crippen molar-refractivity contribution in [2.45, 2.75) is 37.1 Å². The summed E-state index contributed by atoms with van der Waals surface area (Å²) < 4.78 is 84.1. The molecule has 1 atom stereocenters. The number of rotatable bonds is 8. The van der Waals surface area contributed by atoms with E-state index in [2.05, 4.69) is 5.32 Å². The van der Waals surface area contributed by atoms with Gasteiger partial charge in [-0.25, -0.2) is 12.8 Å². The molecule has 192 valence electrons. The minimum absolute atomic E-state index is 0.0957. The van der Waals surface area contributed by atoms with Crippen LogP contribution in [0.5, 0.6) is 0 Å². The average molecular weight is 518 g/mol. The predicted molar refractivity (Wildman–Crippen MR) is 122 cm³/mol. The first-order valence-electron chi connectivity index (χ1n) is 11.0. The highest BCUT2D eigenvalue weighted by molar-refractivity contribution is 7.89. The summed E-state index contributed by atoms with van der Waals surface area (Å²) in [4.78, 5) is 14.3. The van der Waals surface area contributed by atoms with Gasteiger partial charge in [-0.1, -0.05) is 0 Å². The van der Waals surface area contributed by atoms with E-state index < -0.39 is 52.2 Å². The Labute approximate surface area is 201 Å². The highest BCUT2D eigenvalue weighted by Gasteiger charge is 2.31. The molecule has 0 aromatic heterocycles. The molecule has 0 aliphatic carbocycles. The van der Waals surface area contributed by atoms with Gasteiger partial charge in [-0.2, -0.15) is 17.5 Å². The second-order valence-electron chi connectivity index (χ2n) is 8.39. The van der Waals surface area contributed by atoms with Gasteiger partial charge in [-0.15, -0.1) is 0 Å². The Hall–Kier alpha value is -2.70. The maximum Gasteiger partial charge on any atom is 0.416 e. The molecule has 0 radical (unpaired) electrons. The predicted octanol–water partition coefficient (Wildman–Crippen LogP) is 3.27. The molecule has 7 nitrogen and oxygen atoms in total. The first-order chi connectivity index (χ1) is 16.4. The molecule has 1 saturated heterocycles. The van der Waals surface area contributed by atoms with Crippen LogP contribution >= 0.6 is 0 Å². The summed E-state index contributed by atoms with van der Waals surface area (Å²) in [5, 5.41) is 2.67. The number of amides is 1. The largest absolute Gasteiger partial charge is 0.416 e. The number of nitrogens with one attached hydrogen (secondary N) is 1. The number of ether oxygens (including phenoxy) is 1. The molecule has 1 N–H and O–H groups in total. The van der Waals surface area contributed by atoms with Gasteiger partial charge in [0.1, 0.15) is 5.82 Å². The van der Waals surface area contributed by atoms with Gasteiger partial charge in [-0.05, 0) is 62.4 Å². The molecule has 0 bridgehead atoms. The molecule has 3 rings (SSSR count). The number of halogens is 4. The molecule has 1 fully saturated rings. The van der Waals surface area contributed by atoms with Gasteiger partial charge in [0, 0.05) is 31.4 Å². The van der Waals surface area contributed by atoms with Crippen molar-refractivity contribution in [1.29, 1.82) is 0 Å². The summed E-state index contributed by atoms with van der Waals surface area (Å²) in [5.74, 6) is -1.12. The van der Waals surface area contributed by atoms with E-state index >= 15 is 0 Å². The van der Waals surface area contributed by atoms with E-state index in [1.807, 2.05) is 4.90 Å². The van der Waals surface area contributed by atoms with E-state index in [4.69, 9.17) is 4.74 Å². The van der Waals surface area contributed by atoms with Crippen LogP contribution in [0.3, 0.4) is 0 Å². The van der Waals surface area contributed by atoms with Gasteiger partial charge >= 0.3 is 6.18 Å². The van der Waals surface area contributed by atoms with Crippen LogP contribution in [-0.2, 0) is 25.7 Å². The highest BCUT2D eigenvalue weighted by atomic mass is 32.2. The summed E-state index contributed by atoms with van der Waals surface area (Å²) in [7, 11) is -4.03. The number of carbonyl (C=O) groups excluding carboxylic acids is 1. The Morgan fingerprint density at radius 2 is 1.77 bits per heavy atom. The summed E-state index contributed by atoms with van der Waals surface area (Å²) in [6.45, 7) is 4.05. The van der Waals surface area contributed by atoms with Crippen LogP contribution in [0.1, 0.15) is 19.4 Å². The van der Waals surface area contributed by atoms with E-state index in [9.17, 15) is 30.8 Å². The summed E-state index contributed by atoms with van der Waals surface area (Å²) in [5.41, 5.74) is -0.127. The fraction of sp³-hybridized carbons (Fsp3) is 0.435. The standard InChI is InChI=1S/C23H27F4N3O4S/c1-16(2)30(35(32,33)21-9-5-18(24)6-10-21)15-22(31)28-13-20-14-29(11-12-34-20)19-7-3-17(4-8-19)23(25,26)27/h3-10,16,20H,11-15H2,1-2H3,(H,28,31)/t20-/m1/s1. The van der Waals surface area contributed by atoms with Gasteiger partial charge in [0.05, 0.1) is 29.7 Å². The van der Waals surface area contributed by atoms with Gasteiger partial charge in [0.2, 0.25) is 15.9 Å². The summed E-state index contributed by atoms with van der Waals surface area (Å²) in [6, 6.07) is 8.65. The maximum absolute atomic E-state index is 13.2. The number of morpholine rings is 1. The van der Waals surface area contributed by atoms with Crippen LogP contribution in [0, 0.1) is 5.82 Å². The second kappa shape index (κ2) is 10.9. The minimum atomic E-state index is -4.41. The number of alkyl halides is 3. The van der Waals surface area contributed by atoms with Crippen molar-refractivity contribution in [3.63, 3.8) is 0 Å². The first kappa shape index (κ1) is 26.9. The Morgan fingerprint density at radius 3 is 2.34 bits per heavy atom. The number of benzene rings is 2. The normalized spacial score (nSPS) is 17.1. The third-order valence-corrected chi connectivity index (χ3v) is 7.56. The minimum Gasteiger partial charge on any atom is -0.373 e. The molecule has 1 heterocycles. The third kappa shape index (κ3) is 6.92. The zero-order valence-electron chi connectivity index (χ0n) is 19.3. The molecule has 0 unspecified atom stereocenters. The molecule has 35 heavy (non-hydrogen) atoms. The molecule has 0 spiro atoms. The number of nitrogens with zero attached hydrogens (tertiary/aromatic N) is 2. The van der Waals surface area contributed by atoms with Crippen molar-refractivity contribution in [3.8, 4) is 0 Å². The first-order valence-corrected chi connectivity index (χ1v) is 12.4. The lowest BCUT2D eigenvalue weighted by molar-refractivity contribution is -0.137. The fourth-order valence-electron chi connectivity index (χ4n) is 3.65. The fourth-order valence-corrected chi connectivity index (χ4v) is 5.24. The zero-order valence-corrected chi connectivity index (χ0v) is 20.1. The van der Waals surface area contributed by atoms with E-state index in [1.165, 1.54) is 12.1 Å². The van der Waals surface area contributed by atoms with E-state index in [0.717, 1.165) is 40.7 Å². The Kier molecular flexibility index (Phi) is 8.39. The topological polar surface area (TPSA) is 79.0 Å². The van der Waals surface area contributed by atoms with Crippen molar-refractivity contribution in [2.75, 3.05) is 37.7 Å². The van der Waals surface area contributed by atoms with Crippen LogP contribution in [0.2, 0.25) is 0 Å². The molecular formula is C23H27F4N3O4S. The number of hydrogen-bond donors (Lipinski definition) is 1. The van der Waals surface area contributed by atoms with Gasteiger partial charge in [0.15, 0.2) is 0 Å². The number of hydrogen-bond acceptors (Lipinski definition) is 5. The molecule has 2 aromatic carbocycles. The van der Waals surface area contributed by atoms with Crippen molar-refractivity contribution in [2.24, 2.45) is 0 Å². The van der Waals surface area contributed by atoms with Gasteiger partial charge < -0.3 is 15.0 Å². The third-order valence-electron chi connectivity index (χ3n) is 5.52. The van der Waals surface area contributed by atoms with Crippen molar-refractivity contribution < 1.29 is 35.5 Å². The second-order valence-corrected chi connectivity index (χ2v) is 10.3. The molecule has 1 aliphatic heterocycles. The van der Waals surface area contributed by atoms with Crippen LogP contribution in [0.4, 0.5) is 23.2 Å². The van der Waals surface area contributed by atoms with Crippen LogP contribution in [0.25, 0.3) is 0 Å². The molecule has 12 heteroatoms. The van der Waals surface area contributed by atoms with Crippen LogP contribution in [0.15, 0.2) is 53.4 Å². The smallest absolute Gasteiger partial charge is 0.373 e. The maximum atomic E-state index is 13.2. The van der Waals surface area contributed by atoms with Crippen LogP contribution in [-0.4, -0.2) is 63.6 Å². The SMILES string of the molecule is CC(C)N(CC(=O)NC[C@@H]1CN(c2ccc(C(F)(F)F)cc2)CCO1)S(=O)(=O)c1ccc(F)cc1. The van der Waals surface area contributed by atoms with Crippen molar-refractivity contribution >= 4 is 21.6 Å². The van der Waals surface area contributed by atoms with Gasteiger partial charge in [0.25, 0.3) is 0 Å². The number of sulfonamides is 1. The molecule has 0 saturated carbocycles. The molecule has 2 aromatic rings. The van der Waals surface area contributed by atoms with E-state index in [1.54, 1.807) is 13.8 Å². The monoisotopic (exact) mass is 517 g/mol. The number of anilines is 1. The van der Waals surface area contributed by atoms with Crippen molar-refractivity contribution in [3.05, 3.63) is 59.9 Å². The Morgan fingerprint density at radius 1 is 1.14 bits per heavy atom. The zero-order chi connectivity index (χ0) is 25.8. The lowest BCUT2D eigenvalue weighted by Gasteiger charge is -2.35.